The van der Waals surface area contributed by atoms with Crippen LogP contribution in [0.4, 0.5) is 10.6 Å². The number of hydrogen-bond donors (Lipinski definition) is 2. The highest BCUT2D eigenvalue weighted by atomic mass is 28.3. The number of methoxy groups -OCH3 is 1. The summed E-state index contributed by atoms with van der Waals surface area (Å²) in [6.45, 7) is 8.30. The number of urea groups is 1. The van der Waals surface area contributed by atoms with E-state index in [1.54, 1.807) is 13.2 Å². The van der Waals surface area contributed by atoms with E-state index in [9.17, 15) is 4.79 Å². The summed E-state index contributed by atoms with van der Waals surface area (Å²) in [6.07, 6.45) is 2.26. The predicted molar refractivity (Wildman–Crippen MR) is 133 cm³/mol. The molecule has 0 spiro atoms. The third-order valence-corrected chi connectivity index (χ3v) is 6.81. The molecular weight excluding hydrogens is 434 g/mol. The minimum atomic E-state index is -1.19. The second-order valence-corrected chi connectivity index (χ2v) is 14.5. The molecule has 0 aliphatic carbocycles. The molecular formula is C24H31N5O3Si. The summed E-state index contributed by atoms with van der Waals surface area (Å²) >= 11 is 0. The molecule has 0 aliphatic rings. The van der Waals surface area contributed by atoms with Crippen LogP contribution in [0.1, 0.15) is 6.42 Å². The molecule has 9 heteroatoms. The first-order valence-electron chi connectivity index (χ1n) is 11.0. The lowest BCUT2D eigenvalue weighted by Gasteiger charge is -2.15. The maximum Gasteiger partial charge on any atom is 0.320 e. The fourth-order valence-electron chi connectivity index (χ4n) is 3.35. The highest BCUT2D eigenvalue weighted by molar-refractivity contribution is 6.76. The van der Waals surface area contributed by atoms with E-state index in [0.717, 1.165) is 28.3 Å². The number of hydrogen-bond acceptors (Lipinski definition) is 5. The number of aromatic nitrogens is 2. The van der Waals surface area contributed by atoms with Crippen LogP contribution in [0.15, 0.2) is 42.6 Å². The number of nitriles is 1. The number of amides is 2. The van der Waals surface area contributed by atoms with E-state index in [1.165, 1.54) is 0 Å². The van der Waals surface area contributed by atoms with Gasteiger partial charge in [0.25, 0.3) is 0 Å². The number of nitrogens with one attached hydrogen (secondary N) is 2. The normalized spacial score (nSPS) is 11.2. The average Bonchev–Trinajstić information content (AvgIpc) is 3.14. The molecule has 0 radical (unpaired) electrons. The van der Waals surface area contributed by atoms with E-state index in [4.69, 9.17) is 14.7 Å². The van der Waals surface area contributed by atoms with Crippen LogP contribution in [0.2, 0.25) is 25.7 Å². The topological polar surface area (TPSA) is 101 Å². The number of benzene rings is 1. The Morgan fingerprint density at radius 3 is 2.70 bits per heavy atom. The van der Waals surface area contributed by atoms with Gasteiger partial charge in [0.05, 0.1) is 19.6 Å². The van der Waals surface area contributed by atoms with Gasteiger partial charge in [-0.2, -0.15) is 5.26 Å². The van der Waals surface area contributed by atoms with E-state index in [1.807, 2.05) is 47.2 Å². The zero-order chi connectivity index (χ0) is 23.8. The summed E-state index contributed by atoms with van der Waals surface area (Å²) in [5, 5.41) is 14.9. The van der Waals surface area contributed by atoms with Gasteiger partial charge in [-0.05, 0) is 24.2 Å². The lowest BCUT2D eigenvalue weighted by Crippen LogP contribution is -2.29. The second-order valence-electron chi connectivity index (χ2n) is 8.92. The Balaban J connectivity index is 1.92. The third kappa shape index (κ3) is 6.57. The monoisotopic (exact) mass is 465 g/mol. The van der Waals surface area contributed by atoms with Crippen molar-refractivity contribution in [1.82, 2.24) is 14.9 Å². The molecule has 0 unspecified atom stereocenters. The van der Waals surface area contributed by atoms with Gasteiger partial charge in [-0.3, -0.25) is 5.32 Å². The predicted octanol–water partition coefficient (Wildman–Crippen LogP) is 5.06. The molecule has 0 fully saturated rings. The molecule has 1 aromatic carbocycles. The standard InChI is InChI=1S/C24H31N5O3Si/c1-31-21-9-6-5-8-18(21)20-16-29(17-32-14-15-33(2,3)4)23-19(20)10-11-22(27-23)28-24(30)26-13-7-12-25/h5-6,8-11,16H,7,13-15,17H2,1-4H3,(H2,26,27,28,30). The van der Waals surface area contributed by atoms with Crippen LogP contribution in [0.3, 0.4) is 0 Å². The van der Waals surface area contributed by atoms with Crippen LogP contribution in [-0.2, 0) is 11.5 Å². The molecule has 2 N–H and O–H groups in total. The van der Waals surface area contributed by atoms with Gasteiger partial charge >= 0.3 is 6.03 Å². The van der Waals surface area contributed by atoms with Crippen molar-refractivity contribution < 1.29 is 14.3 Å². The molecule has 0 saturated heterocycles. The van der Waals surface area contributed by atoms with Crippen molar-refractivity contribution >= 4 is 31.0 Å². The van der Waals surface area contributed by atoms with E-state index in [-0.39, 0.29) is 13.0 Å². The second kappa shape index (κ2) is 11.0. The smallest absolute Gasteiger partial charge is 0.320 e. The molecule has 0 saturated carbocycles. The van der Waals surface area contributed by atoms with E-state index in [0.29, 0.717) is 24.8 Å². The van der Waals surface area contributed by atoms with Crippen molar-refractivity contribution in [3.05, 3.63) is 42.6 Å². The van der Waals surface area contributed by atoms with Crippen LogP contribution in [-0.4, -0.2) is 43.9 Å². The molecule has 8 nitrogen and oxygen atoms in total. The first kappa shape index (κ1) is 24.3. The summed E-state index contributed by atoms with van der Waals surface area (Å²) < 4.78 is 13.5. The van der Waals surface area contributed by atoms with Gasteiger partial charge in [0.1, 0.15) is 23.9 Å². The highest BCUT2D eigenvalue weighted by Crippen LogP contribution is 2.36. The van der Waals surface area contributed by atoms with Crippen molar-refractivity contribution in [2.45, 2.75) is 38.8 Å². The average molecular weight is 466 g/mol. The minimum absolute atomic E-state index is 0.250. The van der Waals surface area contributed by atoms with Gasteiger partial charge < -0.3 is 19.4 Å². The molecule has 2 heterocycles. The Bertz CT molecular complexity index is 1150. The summed E-state index contributed by atoms with van der Waals surface area (Å²) in [7, 11) is 0.464. The molecule has 3 rings (SSSR count). The molecule has 174 valence electrons. The number of pyridine rings is 1. The zero-order valence-electron chi connectivity index (χ0n) is 19.6. The van der Waals surface area contributed by atoms with E-state index >= 15 is 0 Å². The quantitative estimate of drug-likeness (QED) is 0.322. The van der Waals surface area contributed by atoms with Crippen LogP contribution in [0.25, 0.3) is 22.2 Å². The Morgan fingerprint density at radius 2 is 1.97 bits per heavy atom. The SMILES string of the molecule is COc1ccccc1-c1cn(COCC[Si](C)(C)C)c2nc(NC(=O)NCCC#N)ccc12. The summed E-state index contributed by atoms with van der Waals surface area (Å²) in [5.74, 6) is 1.19. The van der Waals surface area contributed by atoms with Crippen molar-refractivity contribution in [2.24, 2.45) is 0 Å². The van der Waals surface area contributed by atoms with Crippen molar-refractivity contribution in [1.29, 1.82) is 5.26 Å². The van der Waals surface area contributed by atoms with Gasteiger partial charge in [-0.25, -0.2) is 9.78 Å². The van der Waals surface area contributed by atoms with Crippen molar-refractivity contribution in [3.63, 3.8) is 0 Å². The molecule has 0 bridgehead atoms. The van der Waals surface area contributed by atoms with Crippen LogP contribution in [0.5, 0.6) is 5.75 Å². The Morgan fingerprint density at radius 1 is 1.18 bits per heavy atom. The van der Waals surface area contributed by atoms with Crippen LogP contribution < -0.4 is 15.4 Å². The fraction of sp³-hybridized carbons (Fsp3) is 0.375. The summed E-state index contributed by atoms with van der Waals surface area (Å²) in [5.41, 5.74) is 2.65. The minimum Gasteiger partial charge on any atom is -0.496 e. The Kier molecular flexibility index (Phi) is 8.09. The number of ether oxygens (including phenoxy) is 2. The molecule has 0 atom stereocenters. The highest BCUT2D eigenvalue weighted by Gasteiger charge is 2.17. The first-order valence-corrected chi connectivity index (χ1v) is 14.7. The van der Waals surface area contributed by atoms with E-state index < -0.39 is 14.1 Å². The van der Waals surface area contributed by atoms with Gasteiger partial charge in [0, 0.05) is 43.9 Å². The maximum atomic E-state index is 12.1. The van der Waals surface area contributed by atoms with Crippen molar-refractivity contribution in [2.75, 3.05) is 25.6 Å². The van der Waals surface area contributed by atoms with Gasteiger partial charge in [-0.15, -0.1) is 0 Å². The third-order valence-electron chi connectivity index (χ3n) is 5.11. The summed E-state index contributed by atoms with van der Waals surface area (Å²) in [6, 6.07) is 14.2. The lowest BCUT2D eigenvalue weighted by molar-refractivity contribution is 0.0899. The number of anilines is 1. The van der Waals surface area contributed by atoms with Gasteiger partial charge in [-0.1, -0.05) is 37.8 Å². The van der Waals surface area contributed by atoms with E-state index in [2.05, 4.69) is 35.3 Å². The Hall–Kier alpha value is -3.35. The molecule has 2 aromatic heterocycles. The maximum absolute atomic E-state index is 12.1. The van der Waals surface area contributed by atoms with Crippen LogP contribution in [0, 0.1) is 11.3 Å². The number of para-hydroxylation sites is 1. The van der Waals surface area contributed by atoms with Gasteiger partial charge in [0.2, 0.25) is 0 Å². The fourth-order valence-corrected chi connectivity index (χ4v) is 4.10. The van der Waals surface area contributed by atoms with Crippen molar-refractivity contribution in [3.8, 4) is 22.9 Å². The number of carbonyl (C=O) groups excluding carboxylic acids is 1. The Labute approximate surface area is 195 Å². The lowest BCUT2D eigenvalue weighted by atomic mass is 10.0. The number of fused-ring (bicyclic) bond motifs is 1. The largest absolute Gasteiger partial charge is 0.496 e. The van der Waals surface area contributed by atoms with Gasteiger partial charge in [0.15, 0.2) is 0 Å². The first-order chi connectivity index (χ1) is 15.8. The van der Waals surface area contributed by atoms with Crippen LogP contribution >= 0.6 is 0 Å². The number of nitrogens with zero attached hydrogens (tertiary/aromatic N) is 3. The summed E-state index contributed by atoms with van der Waals surface area (Å²) in [4.78, 5) is 16.8. The molecule has 3 aromatic rings. The zero-order valence-corrected chi connectivity index (χ0v) is 20.6. The molecule has 0 aliphatic heterocycles. The molecule has 2 amide bonds. The number of carbonyl (C=O) groups is 1. The number of rotatable bonds is 10. The molecule has 33 heavy (non-hydrogen) atoms.